The maximum atomic E-state index is 12.4. The number of esters is 2. The SMILES string of the molecule is C=C(C)C(=O)OCC(CCC(F)(F)F)OC(=O)C1CCCCC1. The molecule has 0 heterocycles. The van der Waals surface area contributed by atoms with E-state index in [0.29, 0.717) is 12.8 Å². The van der Waals surface area contributed by atoms with Gasteiger partial charge in [0.1, 0.15) is 12.7 Å². The third-order valence-corrected chi connectivity index (χ3v) is 3.72. The number of rotatable bonds is 7. The van der Waals surface area contributed by atoms with Crippen molar-refractivity contribution in [1.82, 2.24) is 0 Å². The first-order valence-electron chi connectivity index (χ1n) is 7.79. The number of alkyl halides is 3. The Balaban J connectivity index is 2.56. The van der Waals surface area contributed by atoms with Gasteiger partial charge in [-0.05, 0) is 26.2 Å². The van der Waals surface area contributed by atoms with Crippen molar-refractivity contribution in [3.63, 3.8) is 0 Å². The first-order valence-corrected chi connectivity index (χ1v) is 7.79. The fourth-order valence-corrected chi connectivity index (χ4v) is 2.39. The summed E-state index contributed by atoms with van der Waals surface area (Å²) in [6.07, 6.45) is -2.70. The topological polar surface area (TPSA) is 52.6 Å². The molecule has 0 aromatic carbocycles. The van der Waals surface area contributed by atoms with E-state index in [1.54, 1.807) is 0 Å². The summed E-state index contributed by atoms with van der Waals surface area (Å²) in [7, 11) is 0. The van der Waals surface area contributed by atoms with E-state index < -0.39 is 37.1 Å². The van der Waals surface area contributed by atoms with Gasteiger partial charge >= 0.3 is 18.1 Å². The van der Waals surface area contributed by atoms with Crippen molar-refractivity contribution in [3.8, 4) is 0 Å². The lowest BCUT2D eigenvalue weighted by Crippen LogP contribution is -2.31. The summed E-state index contributed by atoms with van der Waals surface area (Å²) < 4.78 is 47.1. The number of halogens is 3. The first kappa shape index (κ1) is 19.5. The Morgan fingerprint density at radius 3 is 2.35 bits per heavy atom. The van der Waals surface area contributed by atoms with E-state index in [1.165, 1.54) is 6.92 Å². The minimum Gasteiger partial charge on any atom is -0.459 e. The zero-order valence-corrected chi connectivity index (χ0v) is 13.3. The van der Waals surface area contributed by atoms with Crippen molar-refractivity contribution in [3.05, 3.63) is 12.2 Å². The molecule has 1 saturated carbocycles. The van der Waals surface area contributed by atoms with E-state index in [1.807, 2.05) is 0 Å². The summed E-state index contributed by atoms with van der Waals surface area (Å²) in [5.41, 5.74) is 0.137. The van der Waals surface area contributed by atoms with Gasteiger partial charge in [0, 0.05) is 12.0 Å². The molecule has 1 fully saturated rings. The summed E-state index contributed by atoms with van der Waals surface area (Å²) in [6.45, 7) is 4.43. The third-order valence-electron chi connectivity index (χ3n) is 3.72. The lowest BCUT2D eigenvalue weighted by molar-refractivity contribution is -0.168. The summed E-state index contributed by atoms with van der Waals surface area (Å²) in [5.74, 6) is -1.48. The van der Waals surface area contributed by atoms with Crippen LogP contribution in [-0.4, -0.2) is 30.8 Å². The highest BCUT2D eigenvalue weighted by atomic mass is 19.4. The van der Waals surface area contributed by atoms with Crippen LogP contribution in [0.25, 0.3) is 0 Å². The Morgan fingerprint density at radius 1 is 1.22 bits per heavy atom. The summed E-state index contributed by atoms with van der Waals surface area (Å²) in [4.78, 5) is 23.4. The maximum absolute atomic E-state index is 12.4. The minimum absolute atomic E-state index is 0.137. The van der Waals surface area contributed by atoms with Crippen LogP contribution in [0.15, 0.2) is 12.2 Å². The molecule has 1 rings (SSSR count). The quantitative estimate of drug-likeness (QED) is 0.522. The van der Waals surface area contributed by atoms with Gasteiger partial charge in [0.2, 0.25) is 0 Å². The van der Waals surface area contributed by atoms with Gasteiger partial charge in [-0.15, -0.1) is 0 Å². The van der Waals surface area contributed by atoms with Crippen LogP contribution < -0.4 is 0 Å². The van der Waals surface area contributed by atoms with Gasteiger partial charge in [0.25, 0.3) is 0 Å². The van der Waals surface area contributed by atoms with Crippen LogP contribution in [0.3, 0.4) is 0 Å². The van der Waals surface area contributed by atoms with E-state index >= 15 is 0 Å². The van der Waals surface area contributed by atoms with E-state index in [4.69, 9.17) is 9.47 Å². The van der Waals surface area contributed by atoms with Crippen molar-refractivity contribution in [2.24, 2.45) is 5.92 Å². The molecule has 0 aromatic rings. The molecule has 0 spiro atoms. The lowest BCUT2D eigenvalue weighted by atomic mass is 9.89. The molecule has 0 radical (unpaired) electrons. The van der Waals surface area contributed by atoms with Crippen LogP contribution in [0.2, 0.25) is 0 Å². The highest BCUT2D eigenvalue weighted by Gasteiger charge is 2.31. The van der Waals surface area contributed by atoms with Gasteiger partial charge in [-0.1, -0.05) is 25.8 Å². The van der Waals surface area contributed by atoms with Crippen LogP contribution >= 0.6 is 0 Å². The number of carbonyl (C=O) groups is 2. The van der Waals surface area contributed by atoms with Crippen LogP contribution in [0.1, 0.15) is 51.9 Å². The normalized spacial score (nSPS) is 17.4. The monoisotopic (exact) mass is 336 g/mol. The van der Waals surface area contributed by atoms with Gasteiger partial charge in [0.15, 0.2) is 0 Å². The van der Waals surface area contributed by atoms with E-state index in [-0.39, 0.29) is 18.1 Å². The van der Waals surface area contributed by atoms with Crippen LogP contribution in [0.5, 0.6) is 0 Å². The minimum atomic E-state index is -4.35. The zero-order chi connectivity index (χ0) is 17.5. The Kier molecular flexibility index (Phi) is 7.58. The van der Waals surface area contributed by atoms with Gasteiger partial charge in [-0.2, -0.15) is 13.2 Å². The van der Waals surface area contributed by atoms with Crippen molar-refractivity contribution in [1.29, 1.82) is 0 Å². The molecule has 0 aromatic heterocycles. The molecule has 0 amide bonds. The van der Waals surface area contributed by atoms with Crippen LogP contribution in [-0.2, 0) is 19.1 Å². The Labute approximate surface area is 134 Å². The highest BCUT2D eigenvalue weighted by Crippen LogP contribution is 2.27. The summed E-state index contributed by atoms with van der Waals surface area (Å²) in [6, 6.07) is 0. The predicted octanol–water partition coefficient (Wildman–Crippen LogP) is 3.94. The van der Waals surface area contributed by atoms with Crippen molar-refractivity contribution < 1.29 is 32.2 Å². The number of ether oxygens (including phenoxy) is 2. The van der Waals surface area contributed by atoms with E-state index in [2.05, 4.69) is 6.58 Å². The Morgan fingerprint density at radius 2 is 1.83 bits per heavy atom. The molecule has 23 heavy (non-hydrogen) atoms. The molecule has 0 bridgehead atoms. The van der Waals surface area contributed by atoms with Crippen LogP contribution in [0, 0.1) is 5.92 Å². The molecule has 132 valence electrons. The largest absolute Gasteiger partial charge is 0.459 e. The van der Waals surface area contributed by atoms with Crippen LogP contribution in [0.4, 0.5) is 13.2 Å². The first-order chi connectivity index (χ1) is 10.7. The molecular formula is C16H23F3O4. The molecule has 0 aliphatic heterocycles. The highest BCUT2D eigenvalue weighted by molar-refractivity contribution is 5.86. The van der Waals surface area contributed by atoms with E-state index in [9.17, 15) is 22.8 Å². The average molecular weight is 336 g/mol. The summed E-state index contributed by atoms with van der Waals surface area (Å²) in [5, 5.41) is 0. The van der Waals surface area contributed by atoms with Crippen molar-refractivity contribution in [2.45, 2.75) is 64.1 Å². The molecule has 1 atom stereocenters. The Bertz CT molecular complexity index is 426. The molecule has 1 unspecified atom stereocenters. The van der Waals surface area contributed by atoms with E-state index in [0.717, 1.165) is 19.3 Å². The van der Waals surface area contributed by atoms with Gasteiger partial charge in [-0.3, -0.25) is 4.79 Å². The fraction of sp³-hybridized carbons (Fsp3) is 0.750. The maximum Gasteiger partial charge on any atom is 0.389 e. The third kappa shape index (κ3) is 8.04. The standard InChI is InChI=1S/C16H23F3O4/c1-11(2)14(20)22-10-13(8-9-16(17,18)19)23-15(21)12-6-4-3-5-7-12/h12-13H,1,3-10H2,2H3. The van der Waals surface area contributed by atoms with Crippen molar-refractivity contribution in [2.75, 3.05) is 6.61 Å². The lowest BCUT2D eigenvalue weighted by Gasteiger charge is -2.24. The smallest absolute Gasteiger partial charge is 0.389 e. The second-order valence-electron chi connectivity index (χ2n) is 5.93. The second kappa shape index (κ2) is 8.93. The van der Waals surface area contributed by atoms with Gasteiger partial charge in [-0.25, -0.2) is 4.79 Å². The molecular weight excluding hydrogens is 313 g/mol. The van der Waals surface area contributed by atoms with Gasteiger partial charge < -0.3 is 9.47 Å². The summed E-state index contributed by atoms with van der Waals surface area (Å²) >= 11 is 0. The molecule has 7 heteroatoms. The number of hydrogen-bond acceptors (Lipinski definition) is 4. The number of hydrogen-bond donors (Lipinski definition) is 0. The molecule has 4 nitrogen and oxygen atoms in total. The molecule has 0 saturated heterocycles. The fourth-order valence-electron chi connectivity index (χ4n) is 2.39. The van der Waals surface area contributed by atoms with Gasteiger partial charge in [0.05, 0.1) is 5.92 Å². The zero-order valence-electron chi connectivity index (χ0n) is 13.3. The Hall–Kier alpha value is -1.53. The van der Waals surface area contributed by atoms with Crippen molar-refractivity contribution >= 4 is 11.9 Å². The second-order valence-corrected chi connectivity index (χ2v) is 5.93. The molecule has 1 aliphatic rings. The molecule has 1 aliphatic carbocycles. The predicted molar refractivity (Wildman–Crippen MR) is 77.5 cm³/mol. The number of carbonyl (C=O) groups excluding carboxylic acids is 2. The average Bonchev–Trinajstić information content (AvgIpc) is 2.49. The molecule has 0 N–H and O–H groups in total.